The smallest absolute Gasteiger partial charge is 0.416 e. The molecule has 196 valence electrons. The van der Waals surface area contributed by atoms with Crippen molar-refractivity contribution < 1.29 is 27.5 Å². The molecule has 2 unspecified atom stereocenters. The third kappa shape index (κ3) is 4.20. The van der Waals surface area contributed by atoms with Gasteiger partial charge in [0.05, 0.1) is 17.3 Å². The maximum atomic E-state index is 13.4. The Morgan fingerprint density at radius 3 is 2.71 bits per heavy atom. The number of rotatable bonds is 2. The predicted octanol–water partition coefficient (Wildman–Crippen LogP) is 6.44. The number of hydrogen-bond acceptors (Lipinski definition) is 3. The fourth-order valence-corrected chi connectivity index (χ4v) is 5.98. The van der Waals surface area contributed by atoms with Crippen molar-refractivity contribution in [3.63, 3.8) is 0 Å². The molecule has 3 aromatic rings. The third-order valence-corrected chi connectivity index (χ3v) is 7.91. The zero-order valence-electron chi connectivity index (χ0n) is 20.3. The van der Waals surface area contributed by atoms with Crippen LogP contribution >= 0.6 is 15.9 Å². The molecule has 6 nitrogen and oxygen atoms in total. The number of hydrogen-bond donors (Lipinski definition) is 1. The molecule has 10 heteroatoms. The van der Waals surface area contributed by atoms with Crippen LogP contribution in [0.2, 0.25) is 0 Å². The Hall–Kier alpha value is -3.53. The van der Waals surface area contributed by atoms with Crippen molar-refractivity contribution in [3.05, 3.63) is 93.0 Å². The van der Waals surface area contributed by atoms with Gasteiger partial charge in [0.25, 0.3) is 5.91 Å². The number of nitrogens with zero attached hydrogens (tertiary/aromatic N) is 2. The van der Waals surface area contributed by atoms with Crippen LogP contribution in [0.3, 0.4) is 0 Å². The van der Waals surface area contributed by atoms with E-state index in [0.717, 1.165) is 27.7 Å². The maximum Gasteiger partial charge on any atom is 0.416 e. The molecule has 38 heavy (non-hydrogen) atoms. The second-order valence-electron chi connectivity index (χ2n) is 10.0. The minimum Gasteiger partial charge on any atom is -0.467 e. The first-order valence-electron chi connectivity index (χ1n) is 12.2. The molecule has 6 rings (SSSR count). The number of amides is 3. The van der Waals surface area contributed by atoms with Crippen molar-refractivity contribution in [2.24, 2.45) is 0 Å². The SMILES string of the molecule is CC12CC(NC(=O)N1c1cccc(C(=O)N3CCc4ccc(C(F)(F)F)cc4C3)c1)c1cc(Br)ccc1O2. The van der Waals surface area contributed by atoms with E-state index >= 15 is 0 Å². The van der Waals surface area contributed by atoms with E-state index in [2.05, 4.69) is 21.2 Å². The summed E-state index contributed by atoms with van der Waals surface area (Å²) in [7, 11) is 0. The quantitative estimate of drug-likeness (QED) is 0.376. The molecule has 1 N–H and O–H groups in total. The predicted molar refractivity (Wildman–Crippen MR) is 138 cm³/mol. The van der Waals surface area contributed by atoms with Crippen LogP contribution in [-0.2, 0) is 19.1 Å². The average Bonchev–Trinajstić information content (AvgIpc) is 2.87. The number of carbonyl (C=O) groups is 2. The van der Waals surface area contributed by atoms with Crippen LogP contribution in [0.1, 0.15) is 52.0 Å². The highest BCUT2D eigenvalue weighted by atomic mass is 79.9. The Balaban J connectivity index is 1.27. The topological polar surface area (TPSA) is 61.9 Å². The van der Waals surface area contributed by atoms with E-state index in [9.17, 15) is 22.8 Å². The monoisotopic (exact) mass is 585 g/mol. The van der Waals surface area contributed by atoms with Crippen LogP contribution in [0.15, 0.2) is 65.1 Å². The lowest BCUT2D eigenvalue weighted by molar-refractivity contribution is -0.137. The third-order valence-electron chi connectivity index (χ3n) is 7.42. The highest BCUT2D eigenvalue weighted by molar-refractivity contribution is 9.10. The molecule has 2 atom stereocenters. The molecule has 1 fully saturated rings. The molecule has 0 spiro atoms. The van der Waals surface area contributed by atoms with Gasteiger partial charge in [0.2, 0.25) is 0 Å². The summed E-state index contributed by atoms with van der Waals surface area (Å²) in [6.45, 7) is 2.32. The minimum absolute atomic E-state index is 0.0847. The standard InChI is InChI=1S/C28H23BrF3N3O3/c1-27-14-23(22-13-20(29)7-8-24(22)38-27)33-26(37)35(27)21-4-2-3-17(12-21)25(36)34-10-9-16-5-6-19(28(30,31)32)11-18(16)15-34/h2-8,11-13,23H,9-10,14-15H2,1H3,(H,33,37). The summed E-state index contributed by atoms with van der Waals surface area (Å²) in [6.07, 6.45) is -3.47. The first kappa shape index (κ1) is 24.8. The number of urea groups is 1. The van der Waals surface area contributed by atoms with Gasteiger partial charge in [0.15, 0.2) is 5.72 Å². The molecule has 3 aliphatic heterocycles. The van der Waals surface area contributed by atoms with Crippen molar-refractivity contribution in [2.75, 3.05) is 11.4 Å². The van der Waals surface area contributed by atoms with Crippen LogP contribution < -0.4 is 15.0 Å². The molecule has 0 saturated carbocycles. The zero-order valence-corrected chi connectivity index (χ0v) is 21.9. The highest BCUT2D eigenvalue weighted by Gasteiger charge is 2.50. The van der Waals surface area contributed by atoms with Crippen molar-refractivity contribution in [2.45, 2.75) is 44.3 Å². The summed E-state index contributed by atoms with van der Waals surface area (Å²) < 4.78 is 46.9. The number of ether oxygens (including phenoxy) is 1. The van der Waals surface area contributed by atoms with Gasteiger partial charge in [0.1, 0.15) is 5.75 Å². The van der Waals surface area contributed by atoms with Gasteiger partial charge in [-0.25, -0.2) is 4.79 Å². The van der Waals surface area contributed by atoms with E-state index in [-0.39, 0.29) is 24.5 Å². The Morgan fingerprint density at radius 1 is 1.11 bits per heavy atom. The number of nitrogens with one attached hydrogen (secondary N) is 1. The molecule has 3 aromatic carbocycles. The zero-order chi connectivity index (χ0) is 26.8. The van der Waals surface area contributed by atoms with E-state index in [0.29, 0.717) is 42.0 Å². The van der Waals surface area contributed by atoms with Crippen LogP contribution in [0.25, 0.3) is 0 Å². The Bertz CT molecular complexity index is 1480. The van der Waals surface area contributed by atoms with Crippen molar-refractivity contribution in [1.29, 1.82) is 0 Å². The number of benzene rings is 3. The van der Waals surface area contributed by atoms with Gasteiger partial charge < -0.3 is 15.0 Å². The lowest BCUT2D eigenvalue weighted by atomic mass is 9.90. The Labute approximate surface area is 225 Å². The highest BCUT2D eigenvalue weighted by Crippen LogP contribution is 2.46. The molecule has 0 radical (unpaired) electrons. The number of fused-ring (bicyclic) bond motifs is 5. The summed E-state index contributed by atoms with van der Waals surface area (Å²) >= 11 is 3.47. The molecule has 1 saturated heterocycles. The van der Waals surface area contributed by atoms with E-state index in [1.165, 1.54) is 11.0 Å². The molecule has 0 aromatic heterocycles. The van der Waals surface area contributed by atoms with E-state index in [4.69, 9.17) is 4.74 Å². The molecule has 2 bridgehead atoms. The largest absolute Gasteiger partial charge is 0.467 e. The van der Waals surface area contributed by atoms with E-state index in [1.54, 1.807) is 29.2 Å². The molecule has 3 amide bonds. The van der Waals surface area contributed by atoms with Crippen LogP contribution in [0.5, 0.6) is 5.75 Å². The Morgan fingerprint density at radius 2 is 1.92 bits per heavy atom. The second kappa shape index (κ2) is 8.76. The van der Waals surface area contributed by atoms with Crippen molar-refractivity contribution in [3.8, 4) is 5.75 Å². The van der Waals surface area contributed by atoms with Crippen LogP contribution in [-0.4, -0.2) is 29.1 Å². The van der Waals surface area contributed by atoms with Gasteiger partial charge in [-0.1, -0.05) is 28.1 Å². The first-order valence-corrected chi connectivity index (χ1v) is 13.0. The number of carbonyl (C=O) groups excluding carboxylic acids is 2. The van der Waals surface area contributed by atoms with Gasteiger partial charge in [0, 0.05) is 35.1 Å². The van der Waals surface area contributed by atoms with Gasteiger partial charge >= 0.3 is 12.2 Å². The summed E-state index contributed by atoms with van der Waals surface area (Å²) in [5, 5.41) is 3.04. The fourth-order valence-electron chi connectivity index (χ4n) is 5.60. The second-order valence-corrected chi connectivity index (χ2v) is 10.9. The van der Waals surface area contributed by atoms with Gasteiger partial charge in [-0.15, -0.1) is 0 Å². The van der Waals surface area contributed by atoms with Gasteiger partial charge in [-0.2, -0.15) is 13.2 Å². The van der Waals surface area contributed by atoms with E-state index in [1.807, 2.05) is 25.1 Å². The number of alkyl halides is 3. The summed E-state index contributed by atoms with van der Waals surface area (Å²) in [5.41, 5.74) is 1.33. The van der Waals surface area contributed by atoms with Crippen molar-refractivity contribution in [1.82, 2.24) is 10.2 Å². The molecule has 0 aliphatic carbocycles. The lowest BCUT2D eigenvalue weighted by Gasteiger charge is -2.50. The van der Waals surface area contributed by atoms with Crippen molar-refractivity contribution >= 4 is 33.6 Å². The molecule has 3 heterocycles. The normalized spacial score (nSPS) is 22.2. The maximum absolute atomic E-state index is 13.4. The minimum atomic E-state index is -4.45. The van der Waals surface area contributed by atoms with E-state index < -0.39 is 17.5 Å². The first-order chi connectivity index (χ1) is 18.0. The van der Waals surface area contributed by atoms with Gasteiger partial charge in [-0.3, -0.25) is 9.69 Å². The summed E-state index contributed by atoms with van der Waals surface area (Å²) in [5.74, 6) is 0.365. The number of anilines is 1. The summed E-state index contributed by atoms with van der Waals surface area (Å²) in [6, 6.07) is 15.5. The molecular weight excluding hydrogens is 563 g/mol. The summed E-state index contributed by atoms with van der Waals surface area (Å²) in [4.78, 5) is 29.8. The Kier molecular flexibility index (Phi) is 5.71. The molecule has 3 aliphatic rings. The van der Waals surface area contributed by atoms with Crippen LogP contribution in [0.4, 0.5) is 23.7 Å². The van der Waals surface area contributed by atoms with Crippen LogP contribution in [0, 0.1) is 0 Å². The molecular formula is C28H23BrF3N3O3. The van der Waals surface area contributed by atoms with Gasteiger partial charge in [-0.05, 0) is 73.0 Å². The fraction of sp³-hybridized carbons (Fsp3) is 0.286. The average molecular weight is 586 g/mol. The number of halogens is 4. The lowest BCUT2D eigenvalue weighted by Crippen LogP contribution is -2.65.